The quantitative estimate of drug-likeness (QED) is 0.203. The summed E-state index contributed by atoms with van der Waals surface area (Å²) in [6.07, 6.45) is -2.83. The van der Waals surface area contributed by atoms with E-state index in [2.05, 4.69) is 69.1 Å². The Balaban J connectivity index is 1.25. The molecule has 0 bridgehead atoms. The number of fused-ring (bicyclic) bond motifs is 7. The van der Waals surface area contributed by atoms with Gasteiger partial charge in [-0.1, -0.05) is 84.9 Å². The highest BCUT2D eigenvalue weighted by Crippen LogP contribution is 2.41. The van der Waals surface area contributed by atoms with Crippen LogP contribution in [0.4, 0.5) is 13.2 Å². The molecule has 10 rings (SSSR count). The normalized spacial score (nSPS) is 12.2. The van der Waals surface area contributed by atoms with Crippen LogP contribution in [0.2, 0.25) is 0 Å². The van der Waals surface area contributed by atoms with Crippen molar-refractivity contribution in [3.63, 3.8) is 0 Å². The third-order valence-corrected chi connectivity index (χ3v) is 9.77. The van der Waals surface area contributed by atoms with Crippen molar-refractivity contribution >= 4 is 54.6 Å². The Hall–Kier alpha value is -6.67. The van der Waals surface area contributed by atoms with E-state index in [-0.39, 0.29) is 0 Å². The van der Waals surface area contributed by atoms with Crippen molar-refractivity contribution < 1.29 is 13.2 Å². The number of imidazole rings is 1. The number of para-hydroxylation sites is 4. The summed E-state index contributed by atoms with van der Waals surface area (Å²) in [4.78, 5) is 13.6. The van der Waals surface area contributed by atoms with Crippen LogP contribution in [0.25, 0.3) is 88.7 Å². The van der Waals surface area contributed by atoms with Gasteiger partial charge in [-0.25, -0.2) is 9.97 Å². The molecule has 5 nitrogen and oxygen atoms in total. The van der Waals surface area contributed by atoms with Gasteiger partial charge in [0, 0.05) is 50.1 Å². The average Bonchev–Trinajstić information content (AvgIpc) is 3.84. The van der Waals surface area contributed by atoms with Gasteiger partial charge in [0.15, 0.2) is 0 Å². The molecule has 4 heterocycles. The number of aromatic nitrogens is 5. The lowest BCUT2D eigenvalue weighted by molar-refractivity contribution is -0.137. The summed E-state index contributed by atoms with van der Waals surface area (Å²) in [6, 6.07) is 46.3. The first kappa shape index (κ1) is 29.3. The minimum atomic E-state index is -4.48. The van der Waals surface area contributed by atoms with Gasteiger partial charge in [0.25, 0.3) is 0 Å². The predicted octanol–water partition coefficient (Wildman–Crippen LogP) is 11.5. The van der Waals surface area contributed by atoms with Crippen LogP contribution in [-0.4, -0.2) is 24.1 Å². The van der Waals surface area contributed by atoms with Gasteiger partial charge in [-0.05, 0) is 66.2 Å². The van der Waals surface area contributed by atoms with E-state index in [9.17, 15) is 13.2 Å². The molecule has 51 heavy (non-hydrogen) atoms. The first-order chi connectivity index (χ1) is 24.9. The van der Waals surface area contributed by atoms with E-state index in [1.54, 1.807) is 18.3 Å². The summed E-state index contributed by atoms with van der Waals surface area (Å²) in [5.41, 5.74) is 8.04. The molecule has 0 radical (unpaired) electrons. The average molecular weight is 670 g/mol. The Bertz CT molecular complexity index is 2950. The number of pyridine rings is 1. The van der Waals surface area contributed by atoms with Gasteiger partial charge in [0.05, 0.1) is 33.1 Å². The second-order valence-electron chi connectivity index (χ2n) is 12.7. The van der Waals surface area contributed by atoms with Crippen LogP contribution in [0.1, 0.15) is 5.56 Å². The third kappa shape index (κ3) is 4.49. The predicted molar refractivity (Wildman–Crippen MR) is 198 cm³/mol. The second kappa shape index (κ2) is 10.9. The molecule has 10 aromatic rings. The maximum atomic E-state index is 13.9. The molecule has 0 spiro atoms. The highest BCUT2D eigenvalue weighted by Gasteiger charge is 2.31. The molecule has 0 aliphatic rings. The Morgan fingerprint density at radius 2 is 1.27 bits per heavy atom. The van der Waals surface area contributed by atoms with Crippen LogP contribution in [-0.2, 0) is 6.18 Å². The van der Waals surface area contributed by atoms with Crippen LogP contribution >= 0.6 is 0 Å². The number of hydrogen-bond acceptors (Lipinski definition) is 2. The highest BCUT2D eigenvalue weighted by molar-refractivity contribution is 6.13. The summed E-state index contributed by atoms with van der Waals surface area (Å²) in [5.74, 6) is 1.33. The molecule has 4 aromatic heterocycles. The first-order valence-electron chi connectivity index (χ1n) is 16.6. The maximum absolute atomic E-state index is 13.9. The molecule has 0 saturated heterocycles. The van der Waals surface area contributed by atoms with Crippen molar-refractivity contribution in [1.29, 1.82) is 0 Å². The topological polar surface area (TPSA) is 51.4 Å². The Kier molecular flexibility index (Phi) is 6.26. The van der Waals surface area contributed by atoms with E-state index >= 15 is 0 Å². The smallest absolute Gasteiger partial charge is 0.354 e. The van der Waals surface area contributed by atoms with Gasteiger partial charge >= 0.3 is 6.18 Å². The summed E-state index contributed by atoms with van der Waals surface area (Å²) < 4.78 is 45.8. The number of H-pyrrole nitrogens is 1. The fourth-order valence-electron chi connectivity index (χ4n) is 7.51. The lowest BCUT2D eigenvalue weighted by Crippen LogP contribution is -2.05. The van der Waals surface area contributed by atoms with Crippen molar-refractivity contribution in [2.75, 3.05) is 0 Å². The zero-order valence-electron chi connectivity index (χ0n) is 26.9. The van der Waals surface area contributed by atoms with Gasteiger partial charge in [-0.15, -0.1) is 0 Å². The molecule has 0 fully saturated rings. The highest BCUT2D eigenvalue weighted by atomic mass is 19.4. The molecule has 6 aromatic carbocycles. The number of rotatable bonds is 4. The molecule has 0 aliphatic carbocycles. The molecule has 244 valence electrons. The standard InChI is InChI=1S/C43H26F3N5/c44-43(45,46)27-20-22-32-31-21-19-26(24-37(31)51(38(32)25-27)39-18-6-7-23-47-39)29-13-9-17-36-41(29)49-42(50(36)28-10-2-1-3-11-28)34-15-8-14-33-30-12-4-5-16-35(30)48-40(33)34/h1-25,48H. The molecule has 8 heteroatoms. The fourth-order valence-corrected chi connectivity index (χ4v) is 7.51. The monoisotopic (exact) mass is 669 g/mol. The van der Waals surface area contributed by atoms with Gasteiger partial charge in [-0.2, -0.15) is 13.2 Å². The van der Waals surface area contributed by atoms with Crippen molar-refractivity contribution in [2.24, 2.45) is 0 Å². The van der Waals surface area contributed by atoms with Crippen molar-refractivity contribution in [1.82, 2.24) is 24.1 Å². The van der Waals surface area contributed by atoms with E-state index in [1.807, 2.05) is 71.3 Å². The minimum absolute atomic E-state index is 0.441. The molecule has 0 aliphatic heterocycles. The number of nitrogens with one attached hydrogen (secondary N) is 1. The van der Waals surface area contributed by atoms with E-state index in [4.69, 9.17) is 4.98 Å². The van der Waals surface area contributed by atoms with Crippen LogP contribution < -0.4 is 0 Å². The number of nitrogens with zero attached hydrogens (tertiary/aromatic N) is 4. The lowest BCUT2D eigenvalue weighted by atomic mass is 10.0. The van der Waals surface area contributed by atoms with E-state index in [1.165, 1.54) is 6.07 Å². The van der Waals surface area contributed by atoms with Crippen LogP contribution in [0.5, 0.6) is 0 Å². The van der Waals surface area contributed by atoms with Crippen molar-refractivity contribution in [2.45, 2.75) is 6.18 Å². The number of halogens is 3. The van der Waals surface area contributed by atoms with Crippen LogP contribution in [0.3, 0.4) is 0 Å². The number of aromatic amines is 1. The minimum Gasteiger partial charge on any atom is -0.354 e. The van der Waals surface area contributed by atoms with Gasteiger partial charge in [0.1, 0.15) is 11.6 Å². The SMILES string of the molecule is FC(F)(F)c1ccc2c3ccc(-c4cccc5c4nc(-c4cccc6c4[nH]c4ccccc46)n5-c4ccccc4)cc3n(-c3ccccn3)c2c1. The molecule has 0 atom stereocenters. The van der Waals surface area contributed by atoms with Crippen molar-refractivity contribution in [3.05, 3.63) is 157 Å². The Labute approximate surface area is 288 Å². The molecule has 0 saturated carbocycles. The first-order valence-corrected chi connectivity index (χ1v) is 16.6. The Morgan fingerprint density at radius 3 is 2.10 bits per heavy atom. The van der Waals surface area contributed by atoms with Crippen LogP contribution in [0.15, 0.2) is 152 Å². The molecular weight excluding hydrogens is 644 g/mol. The number of alkyl halides is 3. The molecule has 0 amide bonds. The van der Waals surface area contributed by atoms with Gasteiger partial charge in [0.2, 0.25) is 0 Å². The zero-order chi connectivity index (χ0) is 34.3. The summed E-state index contributed by atoms with van der Waals surface area (Å²) in [7, 11) is 0. The van der Waals surface area contributed by atoms with Crippen LogP contribution in [0, 0.1) is 0 Å². The van der Waals surface area contributed by atoms with E-state index in [0.717, 1.165) is 83.4 Å². The zero-order valence-corrected chi connectivity index (χ0v) is 26.9. The Morgan fingerprint density at radius 1 is 0.549 bits per heavy atom. The number of hydrogen-bond donors (Lipinski definition) is 1. The molecular formula is C43H26F3N5. The fraction of sp³-hybridized carbons (Fsp3) is 0.0233. The van der Waals surface area contributed by atoms with E-state index < -0.39 is 11.7 Å². The van der Waals surface area contributed by atoms with Crippen molar-refractivity contribution in [3.8, 4) is 34.0 Å². The molecule has 0 unspecified atom stereocenters. The van der Waals surface area contributed by atoms with E-state index in [0.29, 0.717) is 11.3 Å². The molecule has 1 N–H and O–H groups in total. The largest absolute Gasteiger partial charge is 0.416 e. The van der Waals surface area contributed by atoms with Gasteiger partial charge < -0.3 is 4.98 Å². The summed E-state index contributed by atoms with van der Waals surface area (Å²) in [5, 5.41) is 3.82. The van der Waals surface area contributed by atoms with Gasteiger partial charge in [-0.3, -0.25) is 9.13 Å². The second-order valence-corrected chi connectivity index (χ2v) is 12.7. The maximum Gasteiger partial charge on any atom is 0.416 e. The lowest BCUT2D eigenvalue weighted by Gasteiger charge is -2.11. The number of benzene rings is 6. The summed E-state index contributed by atoms with van der Waals surface area (Å²) in [6.45, 7) is 0. The third-order valence-electron chi connectivity index (χ3n) is 9.77. The summed E-state index contributed by atoms with van der Waals surface area (Å²) >= 11 is 0.